The molecule has 0 aromatic heterocycles. The van der Waals surface area contributed by atoms with Crippen molar-refractivity contribution < 1.29 is 18.3 Å². The molecule has 4 nitrogen and oxygen atoms in total. The number of ether oxygens (including phenoxy) is 1. The van der Waals surface area contributed by atoms with E-state index in [1.54, 1.807) is 0 Å². The molecule has 1 heterocycles. The minimum atomic E-state index is -0.653. The largest absolute Gasteiger partial charge is 0.375 e. The van der Waals surface area contributed by atoms with Gasteiger partial charge in [0.05, 0.1) is 19.1 Å². The summed E-state index contributed by atoms with van der Waals surface area (Å²) in [5.74, 6) is -1.48. The fraction of sp³-hybridized carbons (Fsp3) is 0.562. The maximum Gasteiger partial charge on any atom is 0.222 e. The van der Waals surface area contributed by atoms with Gasteiger partial charge in [-0.3, -0.25) is 9.69 Å². The van der Waals surface area contributed by atoms with Gasteiger partial charge in [0, 0.05) is 37.3 Å². The van der Waals surface area contributed by atoms with Crippen LogP contribution in [-0.4, -0.2) is 42.6 Å². The van der Waals surface area contributed by atoms with Gasteiger partial charge in [0.15, 0.2) is 0 Å². The molecule has 2 rings (SSSR count). The van der Waals surface area contributed by atoms with Gasteiger partial charge in [0.2, 0.25) is 5.91 Å². The first-order valence-electron chi connectivity index (χ1n) is 7.52. The number of halogens is 2. The summed E-state index contributed by atoms with van der Waals surface area (Å²) in [6.07, 6.45) is 0.0979. The molecule has 1 aromatic rings. The average molecular weight is 312 g/mol. The molecule has 1 fully saturated rings. The van der Waals surface area contributed by atoms with Gasteiger partial charge in [-0.25, -0.2) is 8.78 Å². The van der Waals surface area contributed by atoms with Crippen LogP contribution in [0, 0.1) is 11.6 Å². The van der Waals surface area contributed by atoms with E-state index in [1.165, 1.54) is 12.1 Å². The third-order valence-corrected chi connectivity index (χ3v) is 3.80. The summed E-state index contributed by atoms with van der Waals surface area (Å²) in [4.78, 5) is 14.2. The van der Waals surface area contributed by atoms with Crippen LogP contribution in [0.3, 0.4) is 0 Å². The van der Waals surface area contributed by atoms with E-state index >= 15 is 0 Å². The van der Waals surface area contributed by atoms with Crippen molar-refractivity contribution >= 4 is 5.91 Å². The van der Waals surface area contributed by atoms with E-state index in [1.807, 2.05) is 0 Å². The quantitative estimate of drug-likeness (QED) is 0.905. The number of carbonyl (C=O) groups excluding carboxylic acids is 1. The minimum Gasteiger partial charge on any atom is -0.375 e. The van der Waals surface area contributed by atoms with Crippen LogP contribution in [0.1, 0.15) is 25.8 Å². The van der Waals surface area contributed by atoms with Gasteiger partial charge < -0.3 is 10.1 Å². The zero-order valence-electron chi connectivity index (χ0n) is 12.9. The van der Waals surface area contributed by atoms with E-state index in [2.05, 4.69) is 24.1 Å². The Labute approximate surface area is 129 Å². The Hall–Kier alpha value is -1.53. The molecule has 1 amide bonds. The predicted molar refractivity (Wildman–Crippen MR) is 79.3 cm³/mol. The molecular weight excluding hydrogens is 290 g/mol. The molecule has 1 aliphatic heterocycles. The molecule has 0 radical (unpaired) electrons. The first-order valence-corrected chi connectivity index (χ1v) is 7.52. The van der Waals surface area contributed by atoms with Gasteiger partial charge in [-0.15, -0.1) is 0 Å². The number of carbonyl (C=O) groups is 1. The highest BCUT2D eigenvalue weighted by atomic mass is 19.1. The molecule has 122 valence electrons. The van der Waals surface area contributed by atoms with Crippen molar-refractivity contribution in [1.82, 2.24) is 10.2 Å². The first-order chi connectivity index (χ1) is 10.5. The van der Waals surface area contributed by atoms with Gasteiger partial charge >= 0.3 is 0 Å². The summed E-state index contributed by atoms with van der Waals surface area (Å²) in [5.41, 5.74) is 0.267. The summed E-state index contributed by atoms with van der Waals surface area (Å²) in [6, 6.07) is 3.74. The number of hydrogen-bond acceptors (Lipinski definition) is 3. The predicted octanol–water partition coefficient (Wildman–Crippen LogP) is 2.08. The number of morpholine rings is 1. The molecule has 0 unspecified atom stereocenters. The molecule has 0 aliphatic carbocycles. The molecule has 1 aromatic carbocycles. The number of nitrogens with one attached hydrogen (secondary N) is 1. The third-order valence-electron chi connectivity index (χ3n) is 3.80. The van der Waals surface area contributed by atoms with E-state index in [9.17, 15) is 13.6 Å². The molecule has 1 atom stereocenters. The second-order valence-electron chi connectivity index (χ2n) is 5.80. The highest BCUT2D eigenvalue weighted by molar-refractivity contribution is 5.76. The van der Waals surface area contributed by atoms with Crippen LogP contribution >= 0.6 is 0 Å². The van der Waals surface area contributed by atoms with Crippen molar-refractivity contribution in [1.29, 1.82) is 0 Å². The monoisotopic (exact) mass is 312 g/mol. The van der Waals surface area contributed by atoms with E-state index in [0.717, 1.165) is 19.2 Å². The van der Waals surface area contributed by atoms with Crippen molar-refractivity contribution in [2.75, 3.05) is 19.7 Å². The van der Waals surface area contributed by atoms with Crippen molar-refractivity contribution in [3.05, 3.63) is 35.4 Å². The van der Waals surface area contributed by atoms with Gasteiger partial charge in [-0.1, -0.05) is 6.07 Å². The van der Waals surface area contributed by atoms with Gasteiger partial charge in [-0.2, -0.15) is 0 Å². The van der Waals surface area contributed by atoms with E-state index < -0.39 is 11.6 Å². The Morgan fingerprint density at radius 3 is 2.91 bits per heavy atom. The standard InChI is InChI=1S/C16H22F2N2O2/c1-11(2)20-5-6-22-14(10-20)8-16(21)19-9-12-3-4-13(17)7-15(12)18/h3-4,7,11,14H,5-6,8-10H2,1-2H3,(H,19,21)/t14-/m0/s1. The van der Waals surface area contributed by atoms with Crippen molar-refractivity contribution in [2.45, 2.75) is 39.0 Å². The molecule has 22 heavy (non-hydrogen) atoms. The zero-order valence-corrected chi connectivity index (χ0v) is 12.9. The van der Waals surface area contributed by atoms with Gasteiger partial charge in [0.25, 0.3) is 0 Å². The lowest BCUT2D eigenvalue weighted by Crippen LogP contribution is -2.47. The van der Waals surface area contributed by atoms with Crippen LogP contribution in [0.4, 0.5) is 8.78 Å². The molecule has 1 N–H and O–H groups in total. The second kappa shape index (κ2) is 7.65. The van der Waals surface area contributed by atoms with E-state index in [0.29, 0.717) is 12.6 Å². The SMILES string of the molecule is CC(C)N1CCO[C@@H](CC(=O)NCc2ccc(F)cc2F)C1. The van der Waals surface area contributed by atoms with Crippen LogP contribution < -0.4 is 5.32 Å². The zero-order chi connectivity index (χ0) is 16.1. The number of benzene rings is 1. The van der Waals surface area contributed by atoms with Gasteiger partial charge in [0.1, 0.15) is 11.6 Å². The lowest BCUT2D eigenvalue weighted by atomic mass is 10.1. The average Bonchev–Trinajstić information content (AvgIpc) is 2.46. The summed E-state index contributed by atoms with van der Waals surface area (Å²) in [7, 11) is 0. The first kappa shape index (κ1) is 16.8. The Balaban J connectivity index is 1.80. The molecular formula is C16H22F2N2O2. The number of rotatable bonds is 5. The lowest BCUT2D eigenvalue weighted by Gasteiger charge is -2.35. The maximum atomic E-state index is 13.5. The van der Waals surface area contributed by atoms with Gasteiger partial charge in [-0.05, 0) is 19.9 Å². The van der Waals surface area contributed by atoms with E-state index in [-0.39, 0.29) is 30.5 Å². The smallest absolute Gasteiger partial charge is 0.222 e. The van der Waals surface area contributed by atoms with Crippen molar-refractivity contribution in [3.8, 4) is 0 Å². The normalized spacial score (nSPS) is 19.4. The maximum absolute atomic E-state index is 13.5. The summed E-state index contributed by atoms with van der Waals surface area (Å²) in [6.45, 7) is 6.47. The summed E-state index contributed by atoms with van der Waals surface area (Å²) in [5, 5.41) is 2.65. The Morgan fingerprint density at radius 1 is 1.45 bits per heavy atom. The van der Waals surface area contributed by atoms with Crippen LogP contribution in [0.15, 0.2) is 18.2 Å². The summed E-state index contributed by atoms with van der Waals surface area (Å²) >= 11 is 0. The number of amides is 1. The highest BCUT2D eigenvalue weighted by Crippen LogP contribution is 2.12. The fourth-order valence-electron chi connectivity index (χ4n) is 2.47. The summed E-state index contributed by atoms with van der Waals surface area (Å²) < 4.78 is 31.9. The van der Waals surface area contributed by atoms with Crippen LogP contribution in [-0.2, 0) is 16.1 Å². The minimum absolute atomic E-state index is 0.0472. The van der Waals surface area contributed by atoms with Crippen molar-refractivity contribution in [2.24, 2.45) is 0 Å². The molecule has 0 saturated carbocycles. The number of nitrogens with zero attached hydrogens (tertiary/aromatic N) is 1. The second-order valence-corrected chi connectivity index (χ2v) is 5.80. The topological polar surface area (TPSA) is 41.6 Å². The third kappa shape index (κ3) is 4.74. The lowest BCUT2D eigenvalue weighted by molar-refractivity contribution is -0.126. The van der Waals surface area contributed by atoms with Crippen LogP contribution in [0.25, 0.3) is 0 Å². The van der Waals surface area contributed by atoms with Crippen LogP contribution in [0.5, 0.6) is 0 Å². The van der Waals surface area contributed by atoms with Crippen LogP contribution in [0.2, 0.25) is 0 Å². The molecule has 0 bridgehead atoms. The number of hydrogen-bond donors (Lipinski definition) is 1. The Morgan fingerprint density at radius 2 is 2.23 bits per heavy atom. The molecule has 6 heteroatoms. The van der Waals surface area contributed by atoms with E-state index in [4.69, 9.17) is 4.74 Å². The fourth-order valence-corrected chi connectivity index (χ4v) is 2.47. The molecule has 1 aliphatic rings. The Kier molecular flexibility index (Phi) is 5.85. The highest BCUT2D eigenvalue weighted by Gasteiger charge is 2.24. The molecule has 0 spiro atoms. The molecule has 1 saturated heterocycles. The van der Waals surface area contributed by atoms with Crippen molar-refractivity contribution in [3.63, 3.8) is 0 Å². The Bertz CT molecular complexity index is 523.